The summed E-state index contributed by atoms with van der Waals surface area (Å²) in [6.07, 6.45) is 0.122. The zero-order valence-electron chi connectivity index (χ0n) is 5.78. The molecule has 0 amide bonds. The van der Waals surface area contributed by atoms with Gasteiger partial charge in [-0.3, -0.25) is 9.59 Å². The molecule has 0 spiro atoms. The fourth-order valence-corrected chi connectivity index (χ4v) is 1.08. The Hall–Kier alpha value is -1.10. The van der Waals surface area contributed by atoms with Crippen LogP contribution in [-0.2, 0) is 9.59 Å². The number of nitrogens with two attached hydrogens (primary N) is 1. The Morgan fingerprint density at radius 2 is 2.09 bits per heavy atom. The van der Waals surface area contributed by atoms with Crippen molar-refractivity contribution in [2.75, 3.05) is 0 Å². The summed E-state index contributed by atoms with van der Waals surface area (Å²) in [5.41, 5.74) is 4.05. The molecule has 1 rings (SSSR count). The van der Waals surface area contributed by atoms with Crippen LogP contribution in [0.5, 0.6) is 0 Å². The van der Waals surface area contributed by atoms with Gasteiger partial charge in [-0.05, 0) is 6.42 Å². The molecule has 1 fully saturated rings. The summed E-state index contributed by atoms with van der Waals surface area (Å²) in [4.78, 5) is 20.5. The van der Waals surface area contributed by atoms with E-state index in [0.717, 1.165) is 0 Å². The predicted octanol–water partition coefficient (Wildman–Crippen LogP) is -0.737. The van der Waals surface area contributed by atoms with E-state index in [2.05, 4.69) is 0 Å². The second kappa shape index (κ2) is 2.20. The lowest BCUT2D eigenvalue weighted by atomic mass is 10.2. The van der Waals surface area contributed by atoms with Crippen LogP contribution in [0.3, 0.4) is 0 Å². The van der Waals surface area contributed by atoms with Gasteiger partial charge in [0, 0.05) is 5.92 Å². The van der Waals surface area contributed by atoms with Crippen LogP contribution in [-0.4, -0.2) is 27.7 Å². The van der Waals surface area contributed by atoms with Crippen molar-refractivity contribution in [2.45, 2.75) is 18.4 Å². The van der Waals surface area contributed by atoms with E-state index in [1.165, 1.54) is 0 Å². The second-order valence-corrected chi connectivity index (χ2v) is 2.84. The summed E-state index contributed by atoms with van der Waals surface area (Å²) < 4.78 is 0. The number of carboxylic acid groups (broad SMARTS) is 2. The highest BCUT2D eigenvalue weighted by molar-refractivity contribution is 5.84. The largest absolute Gasteiger partial charge is 0.481 e. The van der Waals surface area contributed by atoms with Crippen LogP contribution in [0.25, 0.3) is 0 Å². The molecule has 11 heavy (non-hydrogen) atoms. The molecule has 0 aromatic rings. The molecule has 0 radical (unpaired) electrons. The van der Waals surface area contributed by atoms with Crippen LogP contribution < -0.4 is 5.73 Å². The lowest BCUT2D eigenvalue weighted by Crippen LogP contribution is -2.35. The minimum Gasteiger partial charge on any atom is -0.481 e. The molecule has 2 atom stereocenters. The van der Waals surface area contributed by atoms with E-state index in [1.807, 2.05) is 0 Å². The molecule has 0 bridgehead atoms. The van der Waals surface area contributed by atoms with E-state index in [-0.39, 0.29) is 12.8 Å². The summed E-state index contributed by atoms with van der Waals surface area (Å²) >= 11 is 0. The minimum atomic E-state index is -1.27. The van der Waals surface area contributed by atoms with E-state index in [1.54, 1.807) is 0 Å². The maximum absolute atomic E-state index is 10.4. The third-order valence-corrected chi connectivity index (χ3v) is 1.97. The van der Waals surface area contributed by atoms with E-state index < -0.39 is 23.4 Å². The minimum absolute atomic E-state index is 0.150. The number of hydrogen-bond acceptors (Lipinski definition) is 3. The molecule has 5 nitrogen and oxygen atoms in total. The van der Waals surface area contributed by atoms with Gasteiger partial charge >= 0.3 is 11.9 Å². The number of hydrogen-bond donors (Lipinski definition) is 3. The Morgan fingerprint density at radius 1 is 1.55 bits per heavy atom. The van der Waals surface area contributed by atoms with Gasteiger partial charge < -0.3 is 15.9 Å². The molecule has 0 aromatic heterocycles. The molecular formula is C6H9NO4. The van der Waals surface area contributed by atoms with Gasteiger partial charge in [-0.15, -0.1) is 0 Å². The van der Waals surface area contributed by atoms with Gasteiger partial charge in [0.25, 0.3) is 0 Å². The Kier molecular flexibility index (Phi) is 1.60. The average Bonchev–Trinajstić information content (AvgIpc) is 2.42. The van der Waals surface area contributed by atoms with Crippen molar-refractivity contribution in [3.05, 3.63) is 0 Å². The quantitative estimate of drug-likeness (QED) is 0.503. The SMILES string of the molecule is N[C@]1(C(=O)O)C[C@@H]1CC(=O)O. The predicted molar refractivity (Wildman–Crippen MR) is 34.9 cm³/mol. The van der Waals surface area contributed by atoms with Gasteiger partial charge in [-0.2, -0.15) is 0 Å². The number of rotatable bonds is 3. The standard InChI is InChI=1S/C6H9NO4/c7-6(5(10)11)2-3(6)1-4(8)9/h3H,1-2,7H2,(H,8,9)(H,10,11)/t3-,6+/m0/s1. The van der Waals surface area contributed by atoms with Crippen molar-refractivity contribution in [3.63, 3.8) is 0 Å². The zero-order chi connectivity index (χ0) is 8.65. The van der Waals surface area contributed by atoms with E-state index in [9.17, 15) is 9.59 Å². The zero-order valence-corrected chi connectivity index (χ0v) is 5.78. The summed E-state index contributed by atoms with van der Waals surface area (Å²) in [6.45, 7) is 0. The van der Waals surface area contributed by atoms with Gasteiger partial charge in [0.05, 0.1) is 6.42 Å². The third-order valence-electron chi connectivity index (χ3n) is 1.97. The van der Waals surface area contributed by atoms with Crippen LogP contribution in [0.15, 0.2) is 0 Å². The smallest absolute Gasteiger partial charge is 0.323 e. The molecule has 0 aliphatic heterocycles. The van der Waals surface area contributed by atoms with Crippen molar-refractivity contribution in [3.8, 4) is 0 Å². The molecule has 62 valence electrons. The molecule has 1 aliphatic rings. The van der Waals surface area contributed by atoms with Crippen molar-refractivity contribution in [2.24, 2.45) is 11.7 Å². The van der Waals surface area contributed by atoms with Crippen LogP contribution in [0.1, 0.15) is 12.8 Å². The molecule has 4 N–H and O–H groups in total. The summed E-state index contributed by atoms with van der Waals surface area (Å²) in [5.74, 6) is -2.50. The maximum Gasteiger partial charge on any atom is 0.323 e. The lowest BCUT2D eigenvalue weighted by Gasteiger charge is -2.01. The van der Waals surface area contributed by atoms with Gasteiger partial charge in [0.1, 0.15) is 5.54 Å². The van der Waals surface area contributed by atoms with Crippen molar-refractivity contribution >= 4 is 11.9 Å². The summed E-state index contributed by atoms with van der Waals surface area (Å²) in [6, 6.07) is 0. The normalized spacial score (nSPS) is 34.8. The first kappa shape index (κ1) is 8.00. The highest BCUT2D eigenvalue weighted by atomic mass is 16.4. The topological polar surface area (TPSA) is 101 Å². The fraction of sp³-hybridized carbons (Fsp3) is 0.667. The lowest BCUT2D eigenvalue weighted by molar-refractivity contribution is -0.140. The van der Waals surface area contributed by atoms with Gasteiger partial charge in [-0.1, -0.05) is 0 Å². The van der Waals surface area contributed by atoms with Gasteiger partial charge in [0.15, 0.2) is 0 Å². The Bertz CT molecular complexity index is 215. The second-order valence-electron chi connectivity index (χ2n) is 2.84. The summed E-state index contributed by atoms with van der Waals surface area (Å²) in [5, 5.41) is 16.8. The van der Waals surface area contributed by atoms with E-state index >= 15 is 0 Å². The van der Waals surface area contributed by atoms with Crippen molar-refractivity contribution in [1.82, 2.24) is 0 Å². The van der Waals surface area contributed by atoms with E-state index in [0.29, 0.717) is 0 Å². The molecular weight excluding hydrogens is 150 g/mol. The monoisotopic (exact) mass is 159 g/mol. The molecule has 1 aliphatic carbocycles. The average molecular weight is 159 g/mol. The highest BCUT2D eigenvalue weighted by Gasteiger charge is 2.58. The molecule has 0 aromatic carbocycles. The van der Waals surface area contributed by atoms with Crippen LogP contribution >= 0.6 is 0 Å². The van der Waals surface area contributed by atoms with Gasteiger partial charge in [-0.25, -0.2) is 0 Å². The molecule has 0 unspecified atom stereocenters. The van der Waals surface area contributed by atoms with Crippen LogP contribution in [0, 0.1) is 5.92 Å². The van der Waals surface area contributed by atoms with Gasteiger partial charge in [0.2, 0.25) is 0 Å². The molecule has 5 heteroatoms. The maximum atomic E-state index is 10.4. The number of carbonyl (C=O) groups is 2. The molecule has 1 saturated carbocycles. The molecule has 0 saturated heterocycles. The Balaban J connectivity index is 2.47. The number of aliphatic carboxylic acids is 2. The van der Waals surface area contributed by atoms with Crippen molar-refractivity contribution in [1.29, 1.82) is 0 Å². The van der Waals surface area contributed by atoms with Crippen molar-refractivity contribution < 1.29 is 19.8 Å². The first-order valence-electron chi connectivity index (χ1n) is 3.21. The first-order valence-corrected chi connectivity index (χ1v) is 3.21. The van der Waals surface area contributed by atoms with Crippen LogP contribution in [0.2, 0.25) is 0 Å². The van der Waals surface area contributed by atoms with E-state index in [4.69, 9.17) is 15.9 Å². The molecule has 0 heterocycles. The Morgan fingerprint density at radius 3 is 2.36 bits per heavy atom. The third kappa shape index (κ3) is 1.32. The van der Waals surface area contributed by atoms with Crippen LogP contribution in [0.4, 0.5) is 0 Å². The number of carboxylic acids is 2. The fourth-order valence-electron chi connectivity index (χ4n) is 1.08. The first-order chi connectivity index (χ1) is 4.97. The highest BCUT2D eigenvalue weighted by Crippen LogP contribution is 2.43. The summed E-state index contributed by atoms with van der Waals surface area (Å²) in [7, 11) is 0. The Labute approximate surface area is 62.8 Å².